The first-order valence-corrected chi connectivity index (χ1v) is 6.24. The fourth-order valence-corrected chi connectivity index (χ4v) is 1.93. The fourth-order valence-electron chi connectivity index (χ4n) is 1.59. The molecular weight excluding hydrogens is 278 g/mol. The minimum Gasteiger partial charge on any atom is -0.489 e. The fraction of sp³-hybridized carbons (Fsp3) is 0.214. The molecule has 0 atom stereocenters. The maximum absolute atomic E-state index is 5.79. The van der Waals surface area contributed by atoms with Crippen molar-refractivity contribution in [2.45, 2.75) is 20.5 Å². The lowest BCUT2D eigenvalue weighted by atomic mass is 10.2. The van der Waals surface area contributed by atoms with E-state index in [1.165, 1.54) is 0 Å². The Labute approximate surface area is 110 Å². The highest BCUT2D eigenvalue weighted by Gasteiger charge is 2.01. The third-order valence-corrected chi connectivity index (χ3v) is 2.97. The van der Waals surface area contributed by atoms with Gasteiger partial charge in [-0.25, -0.2) is 0 Å². The Balaban J connectivity index is 2.09. The summed E-state index contributed by atoms with van der Waals surface area (Å²) in [5, 5.41) is 0. The first-order valence-electron chi connectivity index (χ1n) is 5.44. The lowest BCUT2D eigenvalue weighted by Crippen LogP contribution is -1.98. The Kier molecular flexibility index (Phi) is 3.79. The molecule has 0 amide bonds. The topological polar surface area (TPSA) is 22.1 Å². The largest absolute Gasteiger partial charge is 0.489 e. The lowest BCUT2D eigenvalue weighted by Gasteiger charge is -2.09. The maximum atomic E-state index is 5.79. The van der Waals surface area contributed by atoms with E-state index in [2.05, 4.69) is 27.0 Å². The number of benzene rings is 1. The van der Waals surface area contributed by atoms with Gasteiger partial charge in [-0.15, -0.1) is 0 Å². The van der Waals surface area contributed by atoms with E-state index in [1.54, 1.807) is 0 Å². The van der Waals surface area contributed by atoms with Gasteiger partial charge < -0.3 is 4.74 Å². The van der Waals surface area contributed by atoms with Gasteiger partial charge in [-0.3, -0.25) is 4.98 Å². The van der Waals surface area contributed by atoms with Gasteiger partial charge >= 0.3 is 0 Å². The Hall–Kier alpha value is -1.35. The molecule has 0 bridgehead atoms. The molecule has 0 fully saturated rings. The smallest absolute Gasteiger partial charge is 0.123 e. The standard InChI is InChI=1S/C14H14BrNO/c1-10-5-12(8-16-7-10)9-17-14-6-13(15)4-3-11(14)2/h3-8H,9H2,1-2H3. The quantitative estimate of drug-likeness (QED) is 0.851. The summed E-state index contributed by atoms with van der Waals surface area (Å²) in [7, 11) is 0. The molecule has 0 unspecified atom stereocenters. The van der Waals surface area contributed by atoms with E-state index in [0.717, 1.165) is 26.9 Å². The second-order valence-electron chi connectivity index (χ2n) is 4.07. The Morgan fingerprint density at radius 3 is 2.76 bits per heavy atom. The van der Waals surface area contributed by atoms with E-state index in [9.17, 15) is 0 Å². The summed E-state index contributed by atoms with van der Waals surface area (Å²) >= 11 is 3.44. The monoisotopic (exact) mass is 291 g/mol. The molecule has 0 aliphatic carbocycles. The SMILES string of the molecule is Cc1cncc(COc2cc(Br)ccc2C)c1. The van der Waals surface area contributed by atoms with Gasteiger partial charge in [0.15, 0.2) is 0 Å². The molecular formula is C14H14BrNO. The molecule has 88 valence electrons. The molecule has 1 aromatic heterocycles. The number of aryl methyl sites for hydroxylation is 2. The summed E-state index contributed by atoms with van der Waals surface area (Å²) in [6.07, 6.45) is 3.67. The van der Waals surface area contributed by atoms with Crippen LogP contribution in [-0.2, 0) is 6.61 Å². The normalized spacial score (nSPS) is 10.3. The van der Waals surface area contributed by atoms with E-state index in [0.29, 0.717) is 6.61 Å². The molecule has 0 N–H and O–H groups in total. The van der Waals surface area contributed by atoms with Gasteiger partial charge in [-0.2, -0.15) is 0 Å². The number of aromatic nitrogens is 1. The predicted octanol–water partition coefficient (Wildman–Crippen LogP) is 4.04. The van der Waals surface area contributed by atoms with E-state index >= 15 is 0 Å². The van der Waals surface area contributed by atoms with Crippen LogP contribution in [0.5, 0.6) is 5.75 Å². The summed E-state index contributed by atoms with van der Waals surface area (Å²) < 4.78 is 6.82. The molecule has 3 heteroatoms. The minimum atomic E-state index is 0.548. The molecule has 17 heavy (non-hydrogen) atoms. The van der Waals surface area contributed by atoms with Crippen molar-refractivity contribution in [3.05, 3.63) is 57.8 Å². The van der Waals surface area contributed by atoms with Crippen molar-refractivity contribution in [1.82, 2.24) is 4.98 Å². The lowest BCUT2D eigenvalue weighted by molar-refractivity contribution is 0.303. The van der Waals surface area contributed by atoms with Crippen LogP contribution in [0.25, 0.3) is 0 Å². The zero-order chi connectivity index (χ0) is 12.3. The van der Waals surface area contributed by atoms with Gasteiger partial charge in [0, 0.05) is 22.4 Å². The number of hydrogen-bond acceptors (Lipinski definition) is 2. The van der Waals surface area contributed by atoms with Crippen molar-refractivity contribution in [3.63, 3.8) is 0 Å². The highest BCUT2D eigenvalue weighted by Crippen LogP contribution is 2.23. The maximum Gasteiger partial charge on any atom is 0.123 e. The number of nitrogens with zero attached hydrogens (tertiary/aromatic N) is 1. The van der Waals surface area contributed by atoms with Crippen LogP contribution in [-0.4, -0.2) is 4.98 Å². The molecule has 0 saturated heterocycles. The van der Waals surface area contributed by atoms with Gasteiger partial charge in [0.1, 0.15) is 12.4 Å². The van der Waals surface area contributed by atoms with Gasteiger partial charge in [-0.05, 0) is 43.2 Å². The van der Waals surface area contributed by atoms with E-state index in [1.807, 2.05) is 44.4 Å². The Morgan fingerprint density at radius 1 is 1.18 bits per heavy atom. The van der Waals surface area contributed by atoms with Gasteiger partial charge in [0.2, 0.25) is 0 Å². The molecule has 0 aliphatic rings. The second-order valence-corrected chi connectivity index (χ2v) is 4.98. The molecule has 0 spiro atoms. The number of halogens is 1. The zero-order valence-corrected chi connectivity index (χ0v) is 11.5. The van der Waals surface area contributed by atoms with Crippen molar-refractivity contribution < 1.29 is 4.74 Å². The van der Waals surface area contributed by atoms with Crippen molar-refractivity contribution in [2.75, 3.05) is 0 Å². The zero-order valence-electron chi connectivity index (χ0n) is 9.90. The average molecular weight is 292 g/mol. The van der Waals surface area contributed by atoms with Crippen LogP contribution in [0.1, 0.15) is 16.7 Å². The molecule has 2 rings (SSSR count). The summed E-state index contributed by atoms with van der Waals surface area (Å²) in [6.45, 7) is 4.61. The minimum absolute atomic E-state index is 0.548. The first-order chi connectivity index (χ1) is 8.15. The predicted molar refractivity (Wildman–Crippen MR) is 72.2 cm³/mol. The summed E-state index contributed by atoms with van der Waals surface area (Å²) in [4.78, 5) is 4.15. The van der Waals surface area contributed by atoms with Crippen LogP contribution in [0.15, 0.2) is 41.1 Å². The third-order valence-electron chi connectivity index (χ3n) is 2.48. The summed E-state index contributed by atoms with van der Waals surface area (Å²) in [5.74, 6) is 0.904. The van der Waals surface area contributed by atoms with Crippen LogP contribution in [0.4, 0.5) is 0 Å². The molecule has 0 saturated carbocycles. The third kappa shape index (κ3) is 3.30. The highest BCUT2D eigenvalue weighted by molar-refractivity contribution is 9.10. The number of ether oxygens (including phenoxy) is 1. The highest BCUT2D eigenvalue weighted by atomic mass is 79.9. The van der Waals surface area contributed by atoms with Gasteiger partial charge in [0.05, 0.1) is 0 Å². The average Bonchev–Trinajstić information content (AvgIpc) is 2.30. The molecule has 1 aromatic carbocycles. The van der Waals surface area contributed by atoms with Crippen LogP contribution in [0.3, 0.4) is 0 Å². The summed E-state index contributed by atoms with van der Waals surface area (Å²) in [6, 6.07) is 8.11. The first kappa shape index (κ1) is 12.1. The molecule has 1 heterocycles. The van der Waals surface area contributed by atoms with Crippen LogP contribution in [0, 0.1) is 13.8 Å². The van der Waals surface area contributed by atoms with Crippen LogP contribution in [0.2, 0.25) is 0 Å². The Bertz CT molecular complexity index is 525. The van der Waals surface area contributed by atoms with Crippen molar-refractivity contribution >= 4 is 15.9 Å². The van der Waals surface area contributed by atoms with E-state index < -0.39 is 0 Å². The summed E-state index contributed by atoms with van der Waals surface area (Å²) in [5.41, 5.74) is 3.37. The molecule has 0 radical (unpaired) electrons. The van der Waals surface area contributed by atoms with Crippen LogP contribution < -0.4 is 4.74 Å². The van der Waals surface area contributed by atoms with Crippen LogP contribution >= 0.6 is 15.9 Å². The van der Waals surface area contributed by atoms with Gasteiger partial charge in [0.25, 0.3) is 0 Å². The van der Waals surface area contributed by atoms with Crippen molar-refractivity contribution in [2.24, 2.45) is 0 Å². The molecule has 2 nitrogen and oxygen atoms in total. The number of pyridine rings is 1. The Morgan fingerprint density at radius 2 is 2.00 bits per heavy atom. The van der Waals surface area contributed by atoms with E-state index in [-0.39, 0.29) is 0 Å². The molecule has 0 aliphatic heterocycles. The van der Waals surface area contributed by atoms with Crippen molar-refractivity contribution in [3.8, 4) is 5.75 Å². The van der Waals surface area contributed by atoms with Gasteiger partial charge in [-0.1, -0.05) is 22.0 Å². The number of rotatable bonds is 3. The molecule has 2 aromatic rings. The van der Waals surface area contributed by atoms with E-state index in [4.69, 9.17) is 4.74 Å². The van der Waals surface area contributed by atoms with Crippen molar-refractivity contribution in [1.29, 1.82) is 0 Å². The second kappa shape index (κ2) is 5.32. The number of hydrogen-bond donors (Lipinski definition) is 0.